The van der Waals surface area contributed by atoms with Gasteiger partial charge in [0.1, 0.15) is 0 Å². The normalized spacial score (nSPS) is 12.6. The number of nitrogens with one attached hydrogen (secondary N) is 1. The number of aliphatic hydroxyl groups excluding tert-OH is 1. The van der Waals surface area contributed by atoms with Crippen LogP contribution in [0.2, 0.25) is 0 Å². The number of nitrogens with zero attached hydrogens (tertiary/aromatic N) is 2. The van der Waals surface area contributed by atoms with Gasteiger partial charge in [-0.2, -0.15) is 5.11 Å². The molecule has 0 bridgehead atoms. The molecule has 0 spiro atoms. The Labute approximate surface area is 145 Å². The second kappa shape index (κ2) is 7.90. The van der Waals surface area contributed by atoms with Crippen LogP contribution in [0, 0.1) is 0 Å². The van der Waals surface area contributed by atoms with Crippen molar-refractivity contribution < 1.29 is 5.11 Å². The first kappa shape index (κ1) is 16.4. The molecule has 1 atom stereocenters. The van der Waals surface area contributed by atoms with Crippen molar-refractivity contribution in [1.82, 2.24) is 0 Å². The predicted octanol–water partition coefficient (Wildman–Crippen LogP) is 5.27. The molecule has 0 saturated heterocycles. The van der Waals surface area contributed by atoms with E-state index in [-0.39, 0.29) is 5.88 Å². The van der Waals surface area contributed by atoms with E-state index >= 15 is 0 Å². The third kappa shape index (κ3) is 3.91. The quantitative estimate of drug-likeness (QED) is 0.475. The monoisotopic (exact) mass is 339 g/mol. The Bertz CT molecular complexity index is 836. The summed E-state index contributed by atoms with van der Waals surface area (Å²) in [6.45, 7) is 0.401. The molecule has 0 heterocycles. The molecular weight excluding hydrogens is 322 g/mol. The van der Waals surface area contributed by atoms with Crippen LogP contribution in [-0.4, -0.2) is 23.6 Å². The molecule has 0 aliphatic heterocycles. The van der Waals surface area contributed by atoms with Crippen LogP contribution in [0.3, 0.4) is 0 Å². The second-order valence-electron chi connectivity index (χ2n) is 5.40. The molecule has 122 valence electrons. The molecular formula is C19H18ClN3O. The Morgan fingerprint density at radius 3 is 2.33 bits per heavy atom. The number of alkyl halides is 1. The highest BCUT2D eigenvalue weighted by atomic mass is 35.5. The highest BCUT2D eigenvalue weighted by Crippen LogP contribution is 2.32. The van der Waals surface area contributed by atoms with E-state index in [1.54, 1.807) is 0 Å². The van der Waals surface area contributed by atoms with Gasteiger partial charge in [-0.25, -0.2) is 0 Å². The molecule has 4 nitrogen and oxygen atoms in total. The Kier molecular flexibility index (Phi) is 5.41. The van der Waals surface area contributed by atoms with E-state index in [2.05, 4.69) is 15.5 Å². The molecule has 0 saturated carbocycles. The van der Waals surface area contributed by atoms with Gasteiger partial charge in [-0.15, -0.1) is 16.7 Å². The number of aliphatic hydroxyl groups is 1. The molecule has 0 radical (unpaired) electrons. The number of rotatable bonds is 6. The number of halogens is 1. The standard InChI is InChI=1S/C19H18ClN3O/c20-12-15(24)13-21-18-10-11-19(17-9-5-4-8-16(17)18)23-22-14-6-2-1-3-7-14/h1-11,15,21,24H,12-13H2. The van der Waals surface area contributed by atoms with Crippen LogP contribution in [0.1, 0.15) is 0 Å². The number of azo groups is 1. The molecule has 3 rings (SSSR count). The minimum atomic E-state index is -0.581. The number of hydrogen-bond acceptors (Lipinski definition) is 4. The Balaban J connectivity index is 1.92. The van der Waals surface area contributed by atoms with Crippen LogP contribution in [0.5, 0.6) is 0 Å². The van der Waals surface area contributed by atoms with Gasteiger partial charge in [0.05, 0.1) is 23.4 Å². The van der Waals surface area contributed by atoms with Gasteiger partial charge in [0.25, 0.3) is 0 Å². The summed E-state index contributed by atoms with van der Waals surface area (Å²) in [5, 5.41) is 23.6. The van der Waals surface area contributed by atoms with Crippen LogP contribution in [0.15, 0.2) is 77.0 Å². The molecule has 2 N–H and O–H groups in total. The minimum Gasteiger partial charge on any atom is -0.390 e. The van der Waals surface area contributed by atoms with E-state index in [4.69, 9.17) is 11.6 Å². The summed E-state index contributed by atoms with van der Waals surface area (Å²) >= 11 is 5.64. The van der Waals surface area contributed by atoms with Crippen LogP contribution < -0.4 is 5.32 Å². The van der Waals surface area contributed by atoms with Gasteiger partial charge in [0.2, 0.25) is 0 Å². The minimum absolute atomic E-state index is 0.203. The maximum Gasteiger partial charge on any atom is 0.0936 e. The Hall–Kier alpha value is -2.43. The topological polar surface area (TPSA) is 57.0 Å². The van der Waals surface area contributed by atoms with E-state index in [1.165, 1.54) is 0 Å². The third-order valence-electron chi connectivity index (χ3n) is 3.64. The van der Waals surface area contributed by atoms with Gasteiger partial charge in [-0.3, -0.25) is 0 Å². The fourth-order valence-corrected chi connectivity index (χ4v) is 2.52. The summed E-state index contributed by atoms with van der Waals surface area (Å²) in [4.78, 5) is 0. The van der Waals surface area contributed by atoms with Crippen molar-refractivity contribution in [1.29, 1.82) is 0 Å². The van der Waals surface area contributed by atoms with Gasteiger partial charge in [0, 0.05) is 23.0 Å². The molecule has 3 aromatic carbocycles. The van der Waals surface area contributed by atoms with Crippen molar-refractivity contribution in [3.8, 4) is 0 Å². The van der Waals surface area contributed by atoms with Gasteiger partial charge < -0.3 is 10.4 Å². The van der Waals surface area contributed by atoms with Gasteiger partial charge >= 0.3 is 0 Å². The van der Waals surface area contributed by atoms with Crippen molar-refractivity contribution in [2.24, 2.45) is 10.2 Å². The number of benzene rings is 3. The first-order chi connectivity index (χ1) is 11.8. The summed E-state index contributed by atoms with van der Waals surface area (Å²) in [6.07, 6.45) is -0.581. The van der Waals surface area contributed by atoms with E-state index in [1.807, 2.05) is 66.7 Å². The maximum atomic E-state index is 9.63. The highest BCUT2D eigenvalue weighted by molar-refractivity contribution is 6.18. The summed E-state index contributed by atoms with van der Waals surface area (Å²) in [5.41, 5.74) is 2.56. The summed E-state index contributed by atoms with van der Waals surface area (Å²) in [6, 6.07) is 21.5. The fourth-order valence-electron chi connectivity index (χ4n) is 2.41. The highest BCUT2D eigenvalue weighted by Gasteiger charge is 2.07. The van der Waals surface area contributed by atoms with Gasteiger partial charge in [-0.05, 0) is 24.3 Å². The molecule has 0 amide bonds. The molecule has 0 aliphatic carbocycles. The molecule has 1 unspecified atom stereocenters. The fraction of sp³-hybridized carbons (Fsp3) is 0.158. The number of hydrogen-bond donors (Lipinski definition) is 2. The average molecular weight is 340 g/mol. The van der Waals surface area contributed by atoms with Crippen LogP contribution >= 0.6 is 11.6 Å². The second-order valence-corrected chi connectivity index (χ2v) is 5.71. The third-order valence-corrected chi connectivity index (χ3v) is 3.99. The molecule has 0 aliphatic rings. The van der Waals surface area contributed by atoms with E-state index in [0.29, 0.717) is 6.54 Å². The molecule has 24 heavy (non-hydrogen) atoms. The zero-order chi connectivity index (χ0) is 16.8. The Morgan fingerprint density at radius 1 is 0.875 bits per heavy atom. The van der Waals surface area contributed by atoms with Crippen molar-refractivity contribution >= 4 is 39.4 Å². The first-order valence-corrected chi connectivity index (χ1v) is 8.28. The largest absolute Gasteiger partial charge is 0.390 e. The van der Waals surface area contributed by atoms with E-state index in [9.17, 15) is 5.11 Å². The lowest BCUT2D eigenvalue weighted by molar-refractivity contribution is 0.211. The van der Waals surface area contributed by atoms with E-state index in [0.717, 1.165) is 27.8 Å². The lowest BCUT2D eigenvalue weighted by atomic mass is 10.1. The lowest BCUT2D eigenvalue weighted by Gasteiger charge is -2.13. The van der Waals surface area contributed by atoms with Crippen molar-refractivity contribution in [3.05, 3.63) is 66.7 Å². The zero-order valence-corrected chi connectivity index (χ0v) is 13.8. The van der Waals surface area contributed by atoms with Crippen LogP contribution in [-0.2, 0) is 0 Å². The maximum absolute atomic E-state index is 9.63. The molecule has 0 fully saturated rings. The number of fused-ring (bicyclic) bond motifs is 1. The van der Waals surface area contributed by atoms with Gasteiger partial charge in [0.15, 0.2) is 0 Å². The van der Waals surface area contributed by atoms with Crippen LogP contribution in [0.4, 0.5) is 17.1 Å². The SMILES string of the molecule is OC(CCl)CNc1ccc(N=Nc2ccccc2)c2ccccc12. The predicted molar refractivity (Wildman–Crippen MR) is 99.8 cm³/mol. The Morgan fingerprint density at radius 2 is 1.58 bits per heavy atom. The lowest BCUT2D eigenvalue weighted by Crippen LogP contribution is -2.20. The van der Waals surface area contributed by atoms with Crippen molar-refractivity contribution in [3.63, 3.8) is 0 Å². The first-order valence-electron chi connectivity index (χ1n) is 7.74. The van der Waals surface area contributed by atoms with E-state index < -0.39 is 6.10 Å². The van der Waals surface area contributed by atoms with Crippen molar-refractivity contribution in [2.45, 2.75) is 6.10 Å². The van der Waals surface area contributed by atoms with Crippen molar-refractivity contribution in [2.75, 3.05) is 17.7 Å². The summed E-state index contributed by atoms with van der Waals surface area (Å²) < 4.78 is 0. The molecule has 0 aromatic heterocycles. The average Bonchev–Trinajstić information content (AvgIpc) is 2.65. The summed E-state index contributed by atoms with van der Waals surface area (Å²) in [7, 11) is 0. The number of anilines is 1. The molecule has 3 aromatic rings. The smallest absolute Gasteiger partial charge is 0.0936 e. The van der Waals surface area contributed by atoms with Gasteiger partial charge in [-0.1, -0.05) is 42.5 Å². The summed E-state index contributed by atoms with van der Waals surface area (Å²) in [5.74, 6) is 0.203. The van der Waals surface area contributed by atoms with Crippen LogP contribution in [0.25, 0.3) is 10.8 Å². The zero-order valence-electron chi connectivity index (χ0n) is 13.1. The molecule has 5 heteroatoms.